The number of nitrogens with two attached hydrogens (primary N) is 1. The predicted octanol–water partition coefficient (Wildman–Crippen LogP) is 2.65. The number of carbonyl (C=O) groups is 1. The van der Waals surface area contributed by atoms with E-state index in [0.29, 0.717) is 17.9 Å². The van der Waals surface area contributed by atoms with E-state index < -0.39 is 5.91 Å². The van der Waals surface area contributed by atoms with Crippen molar-refractivity contribution in [3.8, 4) is 5.75 Å². The largest absolute Gasteiger partial charge is 0.486 e. The number of hydrogen-bond donors (Lipinski definition) is 1. The van der Waals surface area contributed by atoms with Gasteiger partial charge in [0.05, 0.1) is 21.4 Å². The van der Waals surface area contributed by atoms with E-state index in [2.05, 4.69) is 21.0 Å². The highest BCUT2D eigenvalue weighted by Gasteiger charge is 2.14. The molecule has 1 aromatic carbocycles. The minimum atomic E-state index is -0.500. The third kappa shape index (κ3) is 2.85. The molecule has 0 fully saturated rings. The summed E-state index contributed by atoms with van der Waals surface area (Å²) in [5, 5.41) is 4.40. The molecule has 1 heterocycles. The molecule has 6 heteroatoms. The summed E-state index contributed by atoms with van der Waals surface area (Å²) in [4.78, 5) is 11.3. The molecule has 0 saturated heterocycles. The lowest BCUT2D eigenvalue weighted by Gasteiger charge is -2.10. The molecule has 0 aliphatic carbocycles. The lowest BCUT2D eigenvalue weighted by atomic mass is 10.2. The summed E-state index contributed by atoms with van der Waals surface area (Å²) in [7, 11) is 0. The third-order valence-electron chi connectivity index (χ3n) is 2.97. The SMILES string of the molecule is CCn1nc(C)c(Br)c1COc1ccccc1C(N)=O. The number of amides is 1. The first kappa shape index (κ1) is 14.6. The predicted molar refractivity (Wildman–Crippen MR) is 79.6 cm³/mol. The van der Waals surface area contributed by atoms with Gasteiger partial charge in [0.25, 0.3) is 5.91 Å². The first-order valence-electron chi connectivity index (χ1n) is 6.28. The number of nitrogens with zero attached hydrogens (tertiary/aromatic N) is 2. The Morgan fingerprint density at radius 2 is 2.15 bits per heavy atom. The molecular formula is C14H16BrN3O2. The number of para-hydroxylation sites is 1. The summed E-state index contributed by atoms with van der Waals surface area (Å²) in [6.07, 6.45) is 0. The quantitative estimate of drug-likeness (QED) is 0.911. The van der Waals surface area contributed by atoms with Crippen LogP contribution in [0, 0.1) is 6.92 Å². The molecule has 0 spiro atoms. The Balaban J connectivity index is 2.23. The van der Waals surface area contributed by atoms with Gasteiger partial charge in [-0.3, -0.25) is 9.48 Å². The van der Waals surface area contributed by atoms with Crippen LogP contribution in [0.25, 0.3) is 0 Å². The average molecular weight is 338 g/mol. The molecule has 0 bridgehead atoms. The maximum Gasteiger partial charge on any atom is 0.252 e. The topological polar surface area (TPSA) is 70.1 Å². The Morgan fingerprint density at radius 1 is 1.45 bits per heavy atom. The molecule has 106 valence electrons. The van der Waals surface area contributed by atoms with Gasteiger partial charge < -0.3 is 10.5 Å². The van der Waals surface area contributed by atoms with Crippen LogP contribution in [0.4, 0.5) is 0 Å². The van der Waals surface area contributed by atoms with E-state index in [0.717, 1.165) is 22.4 Å². The Hall–Kier alpha value is -1.82. The van der Waals surface area contributed by atoms with Crippen molar-refractivity contribution in [2.75, 3.05) is 0 Å². The summed E-state index contributed by atoms with van der Waals surface area (Å²) in [6, 6.07) is 6.94. The second-order valence-corrected chi connectivity index (χ2v) is 5.10. The molecule has 0 atom stereocenters. The molecule has 5 nitrogen and oxygen atoms in total. The molecule has 1 amide bonds. The number of benzene rings is 1. The lowest BCUT2D eigenvalue weighted by Crippen LogP contribution is -2.13. The van der Waals surface area contributed by atoms with Crippen LogP contribution < -0.4 is 10.5 Å². The lowest BCUT2D eigenvalue weighted by molar-refractivity contribution is 0.0995. The van der Waals surface area contributed by atoms with Crippen LogP contribution in [-0.4, -0.2) is 15.7 Å². The number of ether oxygens (including phenoxy) is 1. The number of primary amides is 1. The number of carbonyl (C=O) groups excluding carboxylic acids is 1. The fourth-order valence-corrected chi connectivity index (χ4v) is 2.35. The van der Waals surface area contributed by atoms with Crippen LogP contribution in [0.15, 0.2) is 28.7 Å². The molecule has 0 saturated carbocycles. The van der Waals surface area contributed by atoms with Gasteiger partial charge in [-0.2, -0.15) is 5.10 Å². The van der Waals surface area contributed by atoms with E-state index in [1.54, 1.807) is 24.3 Å². The zero-order chi connectivity index (χ0) is 14.7. The van der Waals surface area contributed by atoms with Crippen LogP contribution in [-0.2, 0) is 13.2 Å². The Kier molecular flexibility index (Phi) is 4.44. The number of rotatable bonds is 5. The van der Waals surface area contributed by atoms with Crippen molar-refractivity contribution in [1.29, 1.82) is 0 Å². The minimum Gasteiger partial charge on any atom is -0.486 e. The fourth-order valence-electron chi connectivity index (χ4n) is 1.95. The number of aryl methyl sites for hydroxylation is 2. The van der Waals surface area contributed by atoms with Crippen molar-refractivity contribution in [3.63, 3.8) is 0 Å². The summed E-state index contributed by atoms with van der Waals surface area (Å²) < 4.78 is 8.52. The van der Waals surface area contributed by atoms with E-state index in [-0.39, 0.29) is 0 Å². The van der Waals surface area contributed by atoms with Crippen molar-refractivity contribution in [2.45, 2.75) is 27.0 Å². The molecule has 2 rings (SSSR count). The molecule has 20 heavy (non-hydrogen) atoms. The molecule has 2 aromatic rings. The summed E-state index contributed by atoms with van der Waals surface area (Å²) >= 11 is 3.51. The standard InChI is InChI=1S/C14H16BrN3O2/c1-3-18-11(13(15)9(2)17-18)8-20-12-7-5-4-6-10(12)14(16)19/h4-7H,3,8H2,1-2H3,(H2,16,19). The first-order chi connectivity index (χ1) is 9.54. The fraction of sp³-hybridized carbons (Fsp3) is 0.286. The van der Waals surface area contributed by atoms with Gasteiger partial charge in [0.2, 0.25) is 0 Å². The van der Waals surface area contributed by atoms with Crippen LogP contribution in [0.5, 0.6) is 5.75 Å². The van der Waals surface area contributed by atoms with E-state index in [1.165, 1.54) is 0 Å². The van der Waals surface area contributed by atoms with Gasteiger partial charge in [0.1, 0.15) is 12.4 Å². The first-order valence-corrected chi connectivity index (χ1v) is 7.07. The second kappa shape index (κ2) is 6.09. The van der Waals surface area contributed by atoms with Gasteiger partial charge in [-0.1, -0.05) is 12.1 Å². The van der Waals surface area contributed by atoms with Gasteiger partial charge in [-0.25, -0.2) is 0 Å². The molecule has 0 aliphatic heterocycles. The van der Waals surface area contributed by atoms with Crippen molar-refractivity contribution < 1.29 is 9.53 Å². The summed E-state index contributed by atoms with van der Waals surface area (Å²) in [6.45, 7) is 5.01. The van der Waals surface area contributed by atoms with E-state index >= 15 is 0 Å². The highest BCUT2D eigenvalue weighted by molar-refractivity contribution is 9.10. The van der Waals surface area contributed by atoms with Crippen molar-refractivity contribution in [1.82, 2.24) is 9.78 Å². The Bertz CT molecular complexity index is 637. The molecular weight excluding hydrogens is 322 g/mol. The zero-order valence-corrected chi connectivity index (χ0v) is 13.0. The van der Waals surface area contributed by atoms with Crippen LogP contribution in [0.3, 0.4) is 0 Å². The molecule has 0 radical (unpaired) electrons. The van der Waals surface area contributed by atoms with Gasteiger partial charge >= 0.3 is 0 Å². The average Bonchev–Trinajstić information content (AvgIpc) is 2.72. The maximum absolute atomic E-state index is 11.3. The van der Waals surface area contributed by atoms with E-state index in [1.807, 2.05) is 18.5 Å². The van der Waals surface area contributed by atoms with Crippen molar-refractivity contribution >= 4 is 21.8 Å². The molecule has 2 N–H and O–H groups in total. The Labute approximate surface area is 125 Å². The highest BCUT2D eigenvalue weighted by atomic mass is 79.9. The van der Waals surface area contributed by atoms with Crippen LogP contribution in [0.1, 0.15) is 28.7 Å². The van der Waals surface area contributed by atoms with Crippen molar-refractivity contribution in [3.05, 3.63) is 45.7 Å². The van der Waals surface area contributed by atoms with Crippen molar-refractivity contribution in [2.24, 2.45) is 5.73 Å². The molecule has 1 aromatic heterocycles. The number of halogens is 1. The molecule has 0 unspecified atom stereocenters. The van der Waals surface area contributed by atoms with E-state index in [4.69, 9.17) is 10.5 Å². The van der Waals surface area contributed by atoms with Gasteiger partial charge in [0, 0.05) is 6.54 Å². The van der Waals surface area contributed by atoms with Gasteiger partial charge in [-0.05, 0) is 41.9 Å². The van der Waals surface area contributed by atoms with Gasteiger partial charge in [-0.15, -0.1) is 0 Å². The maximum atomic E-state index is 11.3. The molecule has 0 aliphatic rings. The van der Waals surface area contributed by atoms with E-state index in [9.17, 15) is 4.79 Å². The normalized spacial score (nSPS) is 10.6. The number of aromatic nitrogens is 2. The van der Waals surface area contributed by atoms with Crippen LogP contribution >= 0.6 is 15.9 Å². The summed E-state index contributed by atoms with van der Waals surface area (Å²) in [5.41, 5.74) is 7.55. The smallest absolute Gasteiger partial charge is 0.252 e. The Morgan fingerprint density at radius 3 is 2.80 bits per heavy atom. The zero-order valence-electron chi connectivity index (χ0n) is 11.4. The van der Waals surface area contributed by atoms with Crippen LogP contribution in [0.2, 0.25) is 0 Å². The van der Waals surface area contributed by atoms with Gasteiger partial charge in [0.15, 0.2) is 0 Å². The third-order valence-corrected chi connectivity index (χ3v) is 4.00. The summed E-state index contributed by atoms with van der Waals surface area (Å²) in [5.74, 6) is -0.0201. The number of hydrogen-bond acceptors (Lipinski definition) is 3. The monoisotopic (exact) mass is 337 g/mol. The highest BCUT2D eigenvalue weighted by Crippen LogP contribution is 2.24. The minimum absolute atomic E-state index is 0.319. The second-order valence-electron chi connectivity index (χ2n) is 4.31.